The number of nitrogens with two attached hydrogens (primary N) is 1. The minimum Gasteiger partial charge on any atom is -0.491 e. The van der Waals surface area contributed by atoms with Gasteiger partial charge in [0.15, 0.2) is 9.84 Å². The Kier molecular flexibility index (Phi) is 5.18. The molecule has 0 aliphatic carbocycles. The monoisotopic (exact) mass is 300 g/mol. The fraction of sp³-hybridized carbons (Fsp3) is 0.571. The van der Waals surface area contributed by atoms with Gasteiger partial charge in [-0.3, -0.25) is 11.3 Å². The molecule has 1 aromatic rings. The van der Waals surface area contributed by atoms with Crippen molar-refractivity contribution in [3.8, 4) is 5.75 Å². The Morgan fingerprint density at radius 3 is 2.35 bits per heavy atom. The molecule has 0 heterocycles. The lowest BCUT2D eigenvalue weighted by molar-refractivity contribution is 0.242. The van der Waals surface area contributed by atoms with Crippen LogP contribution < -0.4 is 16.0 Å². The van der Waals surface area contributed by atoms with Crippen LogP contribution in [0.1, 0.15) is 39.3 Å². The maximum absolute atomic E-state index is 12.0. The maximum atomic E-state index is 12.0. The molecule has 0 saturated carbocycles. The number of rotatable bonds is 6. The smallest absolute Gasteiger partial charge is 0.154 e. The molecule has 0 amide bonds. The Balaban J connectivity index is 3.20. The van der Waals surface area contributed by atoms with E-state index in [0.717, 1.165) is 5.56 Å². The van der Waals surface area contributed by atoms with E-state index in [9.17, 15) is 8.42 Å². The first-order valence-corrected chi connectivity index (χ1v) is 8.41. The fourth-order valence-corrected chi connectivity index (χ4v) is 2.58. The summed E-state index contributed by atoms with van der Waals surface area (Å²) < 4.78 is 28.5. The second-order valence-corrected chi connectivity index (χ2v) is 8.31. The highest BCUT2D eigenvalue weighted by Gasteiger charge is 2.39. The number of nitrogens with one attached hydrogen (secondary N) is 1. The summed E-state index contributed by atoms with van der Waals surface area (Å²) in [6.45, 7) is 7.18. The second kappa shape index (κ2) is 6.11. The normalized spacial score (nSPS) is 14.3. The first-order chi connectivity index (χ1) is 9.09. The van der Waals surface area contributed by atoms with Gasteiger partial charge in [0.1, 0.15) is 5.75 Å². The van der Waals surface area contributed by atoms with Crippen LogP contribution in [0.2, 0.25) is 0 Å². The number of sulfone groups is 1. The van der Waals surface area contributed by atoms with Gasteiger partial charge in [0, 0.05) is 6.26 Å². The first-order valence-electron chi connectivity index (χ1n) is 6.52. The number of hydrogen-bond donors (Lipinski definition) is 2. The summed E-state index contributed by atoms with van der Waals surface area (Å²) >= 11 is 0. The van der Waals surface area contributed by atoms with Gasteiger partial charge in [0.05, 0.1) is 16.9 Å². The van der Waals surface area contributed by atoms with Crippen LogP contribution in [-0.2, 0) is 9.84 Å². The van der Waals surface area contributed by atoms with Gasteiger partial charge in [-0.25, -0.2) is 8.42 Å². The molecule has 0 fully saturated rings. The summed E-state index contributed by atoms with van der Waals surface area (Å²) in [5.74, 6) is 6.28. The van der Waals surface area contributed by atoms with Gasteiger partial charge in [-0.05, 0) is 45.4 Å². The number of ether oxygens (including phenoxy) is 1. The van der Waals surface area contributed by atoms with Crippen molar-refractivity contribution in [2.24, 2.45) is 5.84 Å². The lowest BCUT2D eigenvalue weighted by atomic mass is 9.95. The van der Waals surface area contributed by atoms with E-state index in [-0.39, 0.29) is 6.10 Å². The molecule has 1 atom stereocenters. The average molecular weight is 300 g/mol. The van der Waals surface area contributed by atoms with Crippen molar-refractivity contribution in [2.45, 2.75) is 44.6 Å². The number of benzene rings is 1. The Labute approximate surface area is 121 Å². The van der Waals surface area contributed by atoms with E-state index in [1.165, 1.54) is 6.26 Å². The van der Waals surface area contributed by atoms with Crippen LogP contribution >= 0.6 is 0 Å². The lowest BCUT2D eigenvalue weighted by Gasteiger charge is -2.32. The zero-order valence-corrected chi connectivity index (χ0v) is 13.5. The van der Waals surface area contributed by atoms with Crippen molar-refractivity contribution in [3.63, 3.8) is 0 Å². The number of hydrazine groups is 1. The molecule has 0 spiro atoms. The van der Waals surface area contributed by atoms with Crippen LogP contribution in [-0.4, -0.2) is 25.5 Å². The van der Waals surface area contributed by atoms with Crippen LogP contribution in [0, 0.1) is 0 Å². The van der Waals surface area contributed by atoms with Crippen molar-refractivity contribution in [2.75, 3.05) is 6.26 Å². The van der Waals surface area contributed by atoms with E-state index in [0.29, 0.717) is 5.75 Å². The fourth-order valence-electron chi connectivity index (χ4n) is 1.95. The third-order valence-electron chi connectivity index (χ3n) is 3.38. The molecule has 1 unspecified atom stereocenters. The van der Waals surface area contributed by atoms with Gasteiger partial charge in [0.2, 0.25) is 0 Å². The van der Waals surface area contributed by atoms with E-state index < -0.39 is 20.6 Å². The Morgan fingerprint density at radius 2 is 1.90 bits per heavy atom. The third kappa shape index (κ3) is 3.71. The summed E-state index contributed by atoms with van der Waals surface area (Å²) in [5.41, 5.74) is 3.39. The quantitative estimate of drug-likeness (QED) is 0.618. The highest BCUT2D eigenvalue weighted by Crippen LogP contribution is 2.33. The van der Waals surface area contributed by atoms with Crippen LogP contribution in [0.3, 0.4) is 0 Å². The Morgan fingerprint density at radius 1 is 1.30 bits per heavy atom. The van der Waals surface area contributed by atoms with Gasteiger partial charge in [-0.2, -0.15) is 0 Å². The molecule has 0 aliphatic rings. The molecule has 20 heavy (non-hydrogen) atoms. The molecule has 0 bridgehead atoms. The summed E-state index contributed by atoms with van der Waals surface area (Å²) in [6.07, 6.45) is 1.27. The van der Waals surface area contributed by atoms with Crippen molar-refractivity contribution < 1.29 is 13.2 Å². The minimum absolute atomic E-state index is 0.0532. The van der Waals surface area contributed by atoms with Crippen LogP contribution in [0.4, 0.5) is 0 Å². The molecule has 1 rings (SSSR count). The van der Waals surface area contributed by atoms with Gasteiger partial charge in [-0.1, -0.05) is 12.1 Å². The predicted octanol–water partition coefficient (Wildman–Crippen LogP) is 1.80. The van der Waals surface area contributed by atoms with E-state index in [1.807, 2.05) is 38.1 Å². The van der Waals surface area contributed by atoms with Crippen molar-refractivity contribution in [3.05, 3.63) is 29.8 Å². The van der Waals surface area contributed by atoms with Crippen LogP contribution in [0.25, 0.3) is 0 Å². The van der Waals surface area contributed by atoms with E-state index in [2.05, 4.69) is 5.43 Å². The first kappa shape index (κ1) is 16.9. The zero-order chi connectivity index (χ0) is 15.6. The molecule has 0 aromatic heterocycles. The average Bonchev–Trinajstić information content (AvgIpc) is 2.27. The summed E-state index contributed by atoms with van der Waals surface area (Å²) in [6, 6.07) is 6.80. The zero-order valence-electron chi connectivity index (χ0n) is 12.7. The molecule has 6 heteroatoms. The lowest BCUT2D eigenvalue weighted by Crippen LogP contribution is -2.47. The Bertz CT molecular complexity index is 553. The van der Waals surface area contributed by atoms with Crippen LogP contribution in [0.15, 0.2) is 24.3 Å². The molecule has 3 N–H and O–H groups in total. The number of hydrogen-bond acceptors (Lipinski definition) is 5. The standard InChI is InChI=1S/C14H24N2O3S/c1-10(2)19-12-8-6-7-11(9-12)13(16-15)14(3,4)20(5,17)18/h6-10,13,16H,15H2,1-5H3. The summed E-state index contributed by atoms with van der Waals surface area (Å²) in [7, 11) is -3.28. The van der Waals surface area contributed by atoms with Gasteiger partial charge < -0.3 is 4.74 Å². The molecule has 0 saturated heterocycles. The van der Waals surface area contributed by atoms with Crippen molar-refractivity contribution >= 4 is 9.84 Å². The van der Waals surface area contributed by atoms with Gasteiger partial charge in [0.25, 0.3) is 0 Å². The largest absolute Gasteiger partial charge is 0.491 e. The maximum Gasteiger partial charge on any atom is 0.154 e. The van der Waals surface area contributed by atoms with Gasteiger partial charge >= 0.3 is 0 Å². The summed E-state index contributed by atoms with van der Waals surface area (Å²) in [4.78, 5) is 0. The van der Waals surface area contributed by atoms with E-state index in [4.69, 9.17) is 10.6 Å². The van der Waals surface area contributed by atoms with E-state index >= 15 is 0 Å². The van der Waals surface area contributed by atoms with Crippen molar-refractivity contribution in [1.82, 2.24) is 5.43 Å². The van der Waals surface area contributed by atoms with E-state index in [1.54, 1.807) is 13.8 Å². The highest BCUT2D eigenvalue weighted by molar-refractivity contribution is 7.92. The molecular weight excluding hydrogens is 276 g/mol. The minimum atomic E-state index is -3.28. The van der Waals surface area contributed by atoms with Gasteiger partial charge in [-0.15, -0.1) is 0 Å². The molecule has 114 valence electrons. The van der Waals surface area contributed by atoms with Crippen molar-refractivity contribution in [1.29, 1.82) is 0 Å². The molecule has 0 radical (unpaired) electrons. The highest BCUT2D eigenvalue weighted by atomic mass is 32.2. The topological polar surface area (TPSA) is 81.4 Å². The Hall–Kier alpha value is -1.11. The molecule has 0 aliphatic heterocycles. The predicted molar refractivity (Wildman–Crippen MR) is 81.2 cm³/mol. The SMILES string of the molecule is CC(C)Oc1cccc(C(NN)C(C)(C)S(C)(=O)=O)c1. The molecular formula is C14H24N2O3S. The van der Waals surface area contributed by atoms with Crippen LogP contribution in [0.5, 0.6) is 5.75 Å². The molecule has 1 aromatic carbocycles. The third-order valence-corrected chi connectivity index (χ3v) is 5.53. The summed E-state index contributed by atoms with van der Waals surface area (Å²) in [5, 5.41) is 0. The second-order valence-electron chi connectivity index (χ2n) is 5.71. The molecule has 5 nitrogen and oxygen atoms in total.